The van der Waals surface area contributed by atoms with Crippen LogP contribution in [0.3, 0.4) is 0 Å². The fourth-order valence-corrected chi connectivity index (χ4v) is 2.12. The van der Waals surface area contributed by atoms with E-state index >= 15 is 0 Å². The van der Waals surface area contributed by atoms with E-state index in [1.54, 1.807) is 0 Å². The van der Waals surface area contributed by atoms with Gasteiger partial charge in [-0.2, -0.15) is 12.6 Å². The summed E-state index contributed by atoms with van der Waals surface area (Å²) >= 11 is 4.04. The number of hydrogen-bond donors (Lipinski definition) is 4. The van der Waals surface area contributed by atoms with Gasteiger partial charge in [-0.1, -0.05) is 32.6 Å². The first-order valence-electron chi connectivity index (χ1n) is 7.27. The average Bonchev–Trinajstić information content (AvgIpc) is 2.44. The summed E-state index contributed by atoms with van der Waals surface area (Å²) in [6, 6.07) is -0.692. The number of amides is 1. The van der Waals surface area contributed by atoms with Gasteiger partial charge < -0.3 is 15.5 Å². The minimum Gasteiger partial charge on any atom is -0.394 e. The predicted octanol–water partition coefficient (Wildman–Crippen LogP) is 1.07. The second-order valence-electron chi connectivity index (χ2n) is 4.97. The lowest BCUT2D eigenvalue weighted by molar-refractivity contribution is -0.128. The summed E-state index contributed by atoms with van der Waals surface area (Å²) in [5, 5.41) is 20.5. The summed E-state index contributed by atoms with van der Waals surface area (Å²) in [6.07, 6.45) is 4.47. The van der Waals surface area contributed by atoms with Gasteiger partial charge in [-0.25, -0.2) is 0 Å². The van der Waals surface area contributed by atoms with Gasteiger partial charge in [0.25, 0.3) is 0 Å². The highest BCUT2D eigenvalue weighted by Gasteiger charge is 2.21. The molecular formula is C14H27NO4S. The van der Waals surface area contributed by atoms with E-state index in [1.165, 1.54) is 6.42 Å². The number of thiol groups is 1. The van der Waals surface area contributed by atoms with Gasteiger partial charge in [-0.05, 0) is 6.42 Å². The molecule has 6 heteroatoms. The molecule has 0 unspecified atom stereocenters. The van der Waals surface area contributed by atoms with Crippen LogP contribution in [-0.4, -0.2) is 46.4 Å². The monoisotopic (exact) mass is 305 g/mol. The summed E-state index contributed by atoms with van der Waals surface area (Å²) in [5.74, 6) is -0.272. The number of ketones is 1. The minimum absolute atomic E-state index is 0.160. The van der Waals surface area contributed by atoms with E-state index in [0.29, 0.717) is 6.42 Å². The molecule has 5 nitrogen and oxygen atoms in total. The molecule has 0 spiro atoms. The van der Waals surface area contributed by atoms with Gasteiger partial charge in [-0.15, -0.1) is 0 Å². The molecule has 2 atom stereocenters. The van der Waals surface area contributed by atoms with E-state index in [9.17, 15) is 14.7 Å². The van der Waals surface area contributed by atoms with Crippen molar-refractivity contribution in [1.29, 1.82) is 0 Å². The molecule has 0 aliphatic heterocycles. The first-order chi connectivity index (χ1) is 9.54. The Morgan fingerprint density at radius 3 is 2.40 bits per heavy atom. The van der Waals surface area contributed by atoms with Crippen molar-refractivity contribution in [3.05, 3.63) is 0 Å². The van der Waals surface area contributed by atoms with Gasteiger partial charge in [-0.3, -0.25) is 9.59 Å². The molecule has 1 amide bonds. The molecule has 0 fully saturated rings. The zero-order valence-corrected chi connectivity index (χ0v) is 13.1. The molecule has 0 aliphatic rings. The summed E-state index contributed by atoms with van der Waals surface area (Å²) in [6.45, 7) is 1.67. The number of hydrogen-bond acceptors (Lipinski definition) is 5. The van der Waals surface area contributed by atoms with Crippen molar-refractivity contribution in [2.24, 2.45) is 0 Å². The topological polar surface area (TPSA) is 86.6 Å². The molecule has 0 rings (SSSR count). The molecule has 0 aromatic heterocycles. The van der Waals surface area contributed by atoms with Gasteiger partial charge >= 0.3 is 0 Å². The van der Waals surface area contributed by atoms with Crippen LogP contribution in [0.4, 0.5) is 0 Å². The number of Topliss-reactive ketones (excluding diaryl/α,β-unsaturated/α-hetero) is 1. The Bertz CT molecular complexity index is 286. The Hall–Kier alpha value is -0.590. The van der Waals surface area contributed by atoms with Crippen LogP contribution in [0, 0.1) is 0 Å². The lowest BCUT2D eigenvalue weighted by atomic mass is 10.1. The van der Waals surface area contributed by atoms with Crippen LogP contribution in [0.15, 0.2) is 0 Å². The highest BCUT2D eigenvalue weighted by atomic mass is 32.1. The number of carbonyl (C=O) groups is 2. The van der Waals surface area contributed by atoms with E-state index in [-0.39, 0.29) is 23.9 Å². The fourth-order valence-electron chi connectivity index (χ4n) is 1.82. The predicted molar refractivity (Wildman–Crippen MR) is 81.9 cm³/mol. The van der Waals surface area contributed by atoms with Crippen LogP contribution in [0.1, 0.15) is 51.9 Å². The van der Waals surface area contributed by atoms with E-state index in [0.717, 1.165) is 25.7 Å². The van der Waals surface area contributed by atoms with Gasteiger partial charge in [0.1, 0.15) is 0 Å². The molecule has 20 heavy (non-hydrogen) atoms. The van der Waals surface area contributed by atoms with Crippen molar-refractivity contribution >= 4 is 24.3 Å². The maximum absolute atomic E-state index is 11.8. The SMILES string of the molecule is CCCCCCCC(=O)N[C@H](CS)C(=O)C[C@@H](O)CO. The second-order valence-corrected chi connectivity index (χ2v) is 5.34. The van der Waals surface area contributed by atoms with Gasteiger partial charge in [0.15, 0.2) is 5.78 Å². The summed E-state index contributed by atoms with van der Waals surface area (Å²) in [4.78, 5) is 23.5. The zero-order valence-electron chi connectivity index (χ0n) is 12.2. The summed E-state index contributed by atoms with van der Waals surface area (Å²) in [7, 11) is 0. The minimum atomic E-state index is -1.07. The van der Waals surface area contributed by atoms with E-state index < -0.39 is 18.8 Å². The molecular weight excluding hydrogens is 278 g/mol. The molecule has 0 saturated carbocycles. The Kier molecular flexibility index (Phi) is 11.8. The summed E-state index contributed by atoms with van der Waals surface area (Å²) in [5.41, 5.74) is 0. The van der Waals surface area contributed by atoms with Crippen LogP contribution in [-0.2, 0) is 9.59 Å². The lowest BCUT2D eigenvalue weighted by Gasteiger charge is -2.16. The smallest absolute Gasteiger partial charge is 0.220 e. The Morgan fingerprint density at radius 1 is 1.20 bits per heavy atom. The summed E-state index contributed by atoms with van der Waals surface area (Å²) < 4.78 is 0. The molecule has 3 N–H and O–H groups in total. The largest absolute Gasteiger partial charge is 0.394 e. The number of nitrogens with one attached hydrogen (secondary N) is 1. The fraction of sp³-hybridized carbons (Fsp3) is 0.857. The molecule has 0 aromatic carbocycles. The van der Waals surface area contributed by atoms with Gasteiger partial charge in [0.05, 0.1) is 18.8 Å². The first kappa shape index (κ1) is 19.4. The van der Waals surface area contributed by atoms with Crippen molar-refractivity contribution in [3.8, 4) is 0 Å². The first-order valence-corrected chi connectivity index (χ1v) is 7.90. The Balaban J connectivity index is 3.96. The third-order valence-corrected chi connectivity index (χ3v) is 3.43. The van der Waals surface area contributed by atoms with Crippen molar-refractivity contribution < 1.29 is 19.8 Å². The van der Waals surface area contributed by atoms with Crippen molar-refractivity contribution in [1.82, 2.24) is 5.32 Å². The number of carbonyl (C=O) groups excluding carboxylic acids is 2. The van der Waals surface area contributed by atoms with Crippen LogP contribution in [0.2, 0.25) is 0 Å². The lowest BCUT2D eigenvalue weighted by Crippen LogP contribution is -2.43. The molecule has 0 saturated heterocycles. The zero-order chi connectivity index (χ0) is 15.4. The molecule has 0 aliphatic carbocycles. The van der Waals surface area contributed by atoms with Crippen LogP contribution in [0.25, 0.3) is 0 Å². The van der Waals surface area contributed by atoms with Gasteiger partial charge in [0.2, 0.25) is 5.91 Å². The Labute approximate surface area is 126 Å². The molecule has 118 valence electrons. The quantitative estimate of drug-likeness (QED) is 0.321. The van der Waals surface area contributed by atoms with Gasteiger partial charge in [0, 0.05) is 18.6 Å². The highest BCUT2D eigenvalue weighted by molar-refractivity contribution is 7.80. The molecule has 0 radical (unpaired) electrons. The maximum atomic E-state index is 11.8. The normalized spacial score (nSPS) is 13.8. The van der Waals surface area contributed by atoms with Crippen molar-refractivity contribution in [2.45, 2.75) is 64.0 Å². The van der Waals surface area contributed by atoms with E-state index in [2.05, 4.69) is 24.9 Å². The molecule has 0 aromatic rings. The van der Waals surface area contributed by atoms with E-state index in [4.69, 9.17) is 5.11 Å². The van der Waals surface area contributed by atoms with Crippen LogP contribution >= 0.6 is 12.6 Å². The Morgan fingerprint density at radius 2 is 1.85 bits per heavy atom. The van der Waals surface area contributed by atoms with Crippen molar-refractivity contribution in [2.75, 3.05) is 12.4 Å². The molecule has 0 heterocycles. The maximum Gasteiger partial charge on any atom is 0.220 e. The second kappa shape index (κ2) is 12.2. The van der Waals surface area contributed by atoms with Crippen LogP contribution < -0.4 is 5.32 Å². The third kappa shape index (κ3) is 9.34. The average molecular weight is 305 g/mol. The van der Waals surface area contributed by atoms with Crippen LogP contribution in [0.5, 0.6) is 0 Å². The number of rotatable bonds is 12. The van der Waals surface area contributed by atoms with E-state index in [1.807, 2.05) is 0 Å². The third-order valence-electron chi connectivity index (χ3n) is 3.06. The number of unbranched alkanes of at least 4 members (excludes halogenated alkanes) is 4. The number of aliphatic hydroxyl groups is 2. The highest BCUT2D eigenvalue weighted by Crippen LogP contribution is 2.06. The standard InChI is InChI=1S/C14H27NO4S/c1-2-3-4-5-6-7-14(19)15-12(10-20)13(18)8-11(17)9-16/h11-12,16-17,20H,2-10H2,1H3,(H,15,19)/t11-,12-/m1/s1. The number of aliphatic hydroxyl groups excluding tert-OH is 2. The van der Waals surface area contributed by atoms with Crippen molar-refractivity contribution in [3.63, 3.8) is 0 Å². The molecule has 0 bridgehead atoms.